The van der Waals surface area contributed by atoms with Crippen molar-refractivity contribution in [1.82, 2.24) is 20.6 Å². The van der Waals surface area contributed by atoms with E-state index < -0.39 is 0 Å². The molecule has 1 aliphatic carbocycles. The molecule has 1 saturated carbocycles. The molecule has 2 aromatic rings. The Labute approximate surface area is 261 Å². The third-order valence-electron chi connectivity index (χ3n) is 9.14. The number of nitrogens with zero attached hydrogens (tertiary/aromatic N) is 4. The largest absolute Gasteiger partial charge is 0.495 e. The fourth-order valence-electron chi connectivity index (χ4n) is 6.66. The molecule has 1 aromatic carbocycles. The van der Waals surface area contributed by atoms with Crippen molar-refractivity contribution in [3.63, 3.8) is 0 Å². The number of ether oxygens (including phenoxy) is 2. The van der Waals surface area contributed by atoms with Crippen LogP contribution in [0.15, 0.2) is 24.4 Å². The van der Waals surface area contributed by atoms with Crippen molar-refractivity contribution in [3.05, 3.63) is 30.0 Å². The predicted octanol–water partition coefficient (Wildman–Crippen LogP) is 4.79. The number of benzene rings is 1. The number of hydrogen-bond acceptors (Lipinski definition) is 9. The van der Waals surface area contributed by atoms with E-state index in [1.807, 2.05) is 19.1 Å². The molecule has 3 heterocycles. The van der Waals surface area contributed by atoms with E-state index in [9.17, 15) is 9.59 Å². The van der Waals surface area contributed by atoms with Crippen LogP contribution in [0.2, 0.25) is 0 Å². The maximum absolute atomic E-state index is 13.3. The van der Waals surface area contributed by atoms with Gasteiger partial charge in [-0.1, -0.05) is 38.7 Å². The van der Waals surface area contributed by atoms with Crippen LogP contribution in [0, 0.1) is 0 Å². The second kappa shape index (κ2) is 15.5. The summed E-state index contributed by atoms with van der Waals surface area (Å²) in [6.45, 7) is 5.55. The molecule has 11 nitrogen and oxygen atoms in total. The number of fused-ring (bicyclic) bond motifs is 1. The van der Waals surface area contributed by atoms with Gasteiger partial charge in [0.15, 0.2) is 5.82 Å². The van der Waals surface area contributed by atoms with Crippen molar-refractivity contribution >= 4 is 35.0 Å². The van der Waals surface area contributed by atoms with Crippen LogP contribution in [0.3, 0.4) is 0 Å². The summed E-state index contributed by atoms with van der Waals surface area (Å²) >= 11 is 0. The normalized spacial score (nSPS) is 19.2. The number of hydrogen-bond donors (Lipinski definition) is 3. The second-order valence-electron chi connectivity index (χ2n) is 12.1. The van der Waals surface area contributed by atoms with Crippen molar-refractivity contribution in [2.75, 3.05) is 55.5 Å². The standard InChI is InChI=1S/C33H49N7O4/c1-4-26-32(42)39(2)27-22-36-33(38-30(27)40(26)23-12-7-8-13-23)37-29-25(14-11-15-28(29)43-3)31(41)35-18-9-5-6-10-21-44-24-16-19-34-20-17-24/h11,14-15,22-24,26,34H,4-10,12-13,16-21H2,1-3H3,(H,35,41)(H,36,37,38)/t26-/m1/s1. The summed E-state index contributed by atoms with van der Waals surface area (Å²) in [5.41, 5.74) is 1.68. The lowest BCUT2D eigenvalue weighted by atomic mass is 10.0. The van der Waals surface area contributed by atoms with Crippen LogP contribution in [-0.4, -0.2) is 80.4 Å². The highest BCUT2D eigenvalue weighted by molar-refractivity contribution is 6.05. The minimum absolute atomic E-state index is 0.0745. The molecule has 1 saturated heterocycles. The predicted molar refractivity (Wildman–Crippen MR) is 173 cm³/mol. The number of unbranched alkanes of at least 4 members (excludes halogenated alkanes) is 3. The lowest BCUT2D eigenvalue weighted by molar-refractivity contribution is -0.120. The molecular weight excluding hydrogens is 558 g/mol. The Morgan fingerprint density at radius 2 is 1.86 bits per heavy atom. The van der Waals surface area contributed by atoms with Gasteiger partial charge in [0.1, 0.15) is 17.5 Å². The van der Waals surface area contributed by atoms with Crippen LogP contribution in [0.4, 0.5) is 23.1 Å². The fraction of sp³-hybridized carbons (Fsp3) is 0.636. The molecule has 5 rings (SSSR count). The molecule has 11 heteroatoms. The van der Waals surface area contributed by atoms with Crippen molar-refractivity contribution in [2.24, 2.45) is 0 Å². The number of piperidine rings is 1. The van der Waals surface area contributed by atoms with Gasteiger partial charge in [-0.25, -0.2) is 4.98 Å². The van der Waals surface area contributed by atoms with Gasteiger partial charge >= 0.3 is 0 Å². The topological polar surface area (TPSA) is 121 Å². The lowest BCUT2D eigenvalue weighted by Gasteiger charge is -2.43. The number of rotatable bonds is 14. The molecule has 1 aromatic heterocycles. The van der Waals surface area contributed by atoms with Crippen LogP contribution in [0.5, 0.6) is 5.75 Å². The van der Waals surface area contributed by atoms with E-state index in [1.54, 1.807) is 31.3 Å². The fourth-order valence-corrected chi connectivity index (χ4v) is 6.66. The molecule has 0 bridgehead atoms. The Morgan fingerprint density at radius 1 is 1.09 bits per heavy atom. The van der Waals surface area contributed by atoms with Gasteiger partial charge in [-0.3, -0.25) is 9.59 Å². The van der Waals surface area contributed by atoms with Gasteiger partial charge in [-0.15, -0.1) is 0 Å². The van der Waals surface area contributed by atoms with Gasteiger partial charge in [0.25, 0.3) is 5.91 Å². The first-order valence-corrected chi connectivity index (χ1v) is 16.5. The molecule has 2 amide bonds. The number of aromatic nitrogens is 2. The highest BCUT2D eigenvalue weighted by Gasteiger charge is 2.41. The van der Waals surface area contributed by atoms with E-state index in [0.717, 1.165) is 89.7 Å². The summed E-state index contributed by atoms with van der Waals surface area (Å²) in [5, 5.41) is 9.73. The van der Waals surface area contributed by atoms with E-state index in [2.05, 4.69) is 25.8 Å². The zero-order chi connectivity index (χ0) is 30.9. The van der Waals surface area contributed by atoms with E-state index in [4.69, 9.17) is 14.5 Å². The molecular formula is C33H49N7O4. The SMILES string of the molecule is CC[C@@H]1C(=O)N(C)c2cnc(Nc3c(OC)cccc3C(=O)NCCCCCCOC3CCNCC3)nc2N1C1CCCC1. The van der Waals surface area contributed by atoms with Gasteiger partial charge in [-0.2, -0.15) is 4.98 Å². The summed E-state index contributed by atoms with van der Waals surface area (Å²) < 4.78 is 11.6. The molecule has 2 aliphatic heterocycles. The second-order valence-corrected chi connectivity index (χ2v) is 12.1. The molecule has 0 spiro atoms. The van der Waals surface area contributed by atoms with Crippen LogP contribution in [0.25, 0.3) is 0 Å². The van der Waals surface area contributed by atoms with Crippen LogP contribution in [0.1, 0.15) is 87.9 Å². The zero-order valence-electron chi connectivity index (χ0n) is 26.6. The Bertz CT molecular complexity index is 1260. The average molecular weight is 608 g/mol. The first-order chi connectivity index (χ1) is 21.5. The first-order valence-electron chi connectivity index (χ1n) is 16.5. The maximum Gasteiger partial charge on any atom is 0.253 e. The number of carbonyl (C=O) groups excluding carboxylic acids is 2. The average Bonchev–Trinajstić information content (AvgIpc) is 3.59. The lowest BCUT2D eigenvalue weighted by Crippen LogP contribution is -2.55. The van der Waals surface area contributed by atoms with Crippen LogP contribution in [-0.2, 0) is 9.53 Å². The number of amides is 2. The Balaban J connectivity index is 1.22. The van der Waals surface area contributed by atoms with E-state index >= 15 is 0 Å². The third kappa shape index (κ3) is 7.43. The molecule has 0 radical (unpaired) electrons. The van der Waals surface area contributed by atoms with Crippen molar-refractivity contribution in [1.29, 1.82) is 0 Å². The van der Waals surface area contributed by atoms with E-state index in [0.29, 0.717) is 47.7 Å². The van der Waals surface area contributed by atoms with E-state index in [1.165, 1.54) is 0 Å². The number of anilines is 4. The van der Waals surface area contributed by atoms with Crippen LogP contribution < -0.4 is 30.5 Å². The van der Waals surface area contributed by atoms with Gasteiger partial charge in [-0.05, 0) is 70.2 Å². The molecule has 44 heavy (non-hydrogen) atoms. The first kappa shape index (κ1) is 32.0. The summed E-state index contributed by atoms with van der Waals surface area (Å²) in [6.07, 6.45) is 13.5. The molecule has 0 unspecified atom stereocenters. The van der Waals surface area contributed by atoms with Crippen molar-refractivity contribution in [2.45, 2.75) is 95.7 Å². The number of methoxy groups -OCH3 is 1. The Hall–Kier alpha value is -3.44. The van der Waals surface area contributed by atoms with Gasteiger partial charge in [0, 0.05) is 26.2 Å². The number of nitrogens with one attached hydrogen (secondary N) is 3. The third-order valence-corrected chi connectivity index (χ3v) is 9.14. The summed E-state index contributed by atoms with van der Waals surface area (Å²) in [7, 11) is 3.37. The van der Waals surface area contributed by atoms with Gasteiger partial charge in [0.2, 0.25) is 11.9 Å². The summed E-state index contributed by atoms with van der Waals surface area (Å²) in [5.74, 6) is 1.53. The van der Waals surface area contributed by atoms with Gasteiger partial charge < -0.3 is 35.2 Å². The highest BCUT2D eigenvalue weighted by Crippen LogP contribution is 2.40. The smallest absolute Gasteiger partial charge is 0.253 e. The Kier molecular flexibility index (Phi) is 11.3. The summed E-state index contributed by atoms with van der Waals surface area (Å²) in [4.78, 5) is 40.0. The number of para-hydroxylation sites is 1. The van der Waals surface area contributed by atoms with E-state index in [-0.39, 0.29) is 23.9 Å². The molecule has 2 fully saturated rings. The Morgan fingerprint density at radius 3 is 2.61 bits per heavy atom. The number of carbonyl (C=O) groups is 2. The van der Waals surface area contributed by atoms with Crippen molar-refractivity contribution in [3.8, 4) is 5.75 Å². The minimum Gasteiger partial charge on any atom is -0.495 e. The highest BCUT2D eigenvalue weighted by atomic mass is 16.5. The van der Waals surface area contributed by atoms with Gasteiger partial charge in [0.05, 0.1) is 30.7 Å². The zero-order valence-corrected chi connectivity index (χ0v) is 26.6. The van der Waals surface area contributed by atoms with Crippen LogP contribution >= 0.6 is 0 Å². The number of likely N-dealkylation sites (N-methyl/N-ethyl adjacent to an activating group) is 1. The molecule has 3 N–H and O–H groups in total. The minimum atomic E-state index is -0.257. The molecule has 240 valence electrons. The monoisotopic (exact) mass is 607 g/mol. The van der Waals surface area contributed by atoms with Crippen molar-refractivity contribution < 1.29 is 19.1 Å². The molecule has 1 atom stereocenters. The quantitative estimate of drug-likeness (QED) is 0.260. The molecule has 3 aliphatic rings. The summed E-state index contributed by atoms with van der Waals surface area (Å²) in [6, 6.07) is 5.42. The maximum atomic E-state index is 13.3.